The van der Waals surface area contributed by atoms with Crippen molar-refractivity contribution in [1.82, 2.24) is 4.90 Å². The Bertz CT molecular complexity index is 424. The highest BCUT2D eigenvalue weighted by atomic mass is 19.1. The Morgan fingerprint density at radius 1 is 1.56 bits per heavy atom. The van der Waals surface area contributed by atoms with Crippen molar-refractivity contribution in [3.05, 3.63) is 35.6 Å². The minimum atomic E-state index is -0.415. The summed E-state index contributed by atoms with van der Waals surface area (Å²) in [5.41, 5.74) is 0.359. The van der Waals surface area contributed by atoms with Crippen molar-refractivity contribution < 1.29 is 19.0 Å². The average molecular weight is 253 g/mol. The van der Waals surface area contributed by atoms with Crippen molar-refractivity contribution >= 4 is 5.78 Å². The molecule has 1 unspecified atom stereocenters. The van der Waals surface area contributed by atoms with Crippen LogP contribution in [0, 0.1) is 5.82 Å². The van der Waals surface area contributed by atoms with Crippen molar-refractivity contribution in [2.75, 3.05) is 32.9 Å². The normalized spacial score (nSPS) is 20.9. The molecule has 1 aliphatic heterocycles. The lowest BCUT2D eigenvalue weighted by atomic mass is 10.1. The Kier molecular flexibility index (Phi) is 4.41. The molecular formula is C13H16FNO3. The number of hydrogen-bond donors (Lipinski definition) is 1. The number of morpholine rings is 1. The minimum absolute atomic E-state index is 0.0452. The van der Waals surface area contributed by atoms with Crippen molar-refractivity contribution in [2.24, 2.45) is 0 Å². The van der Waals surface area contributed by atoms with Gasteiger partial charge in [0.25, 0.3) is 0 Å². The Labute approximate surface area is 105 Å². The first-order valence-electron chi connectivity index (χ1n) is 5.92. The summed E-state index contributed by atoms with van der Waals surface area (Å²) >= 11 is 0. The lowest BCUT2D eigenvalue weighted by Gasteiger charge is -2.33. The first-order chi connectivity index (χ1) is 8.70. The van der Waals surface area contributed by atoms with Gasteiger partial charge in [-0.25, -0.2) is 4.39 Å². The van der Waals surface area contributed by atoms with E-state index < -0.39 is 5.82 Å². The lowest BCUT2D eigenvalue weighted by molar-refractivity contribution is -0.0240. The Morgan fingerprint density at radius 2 is 2.39 bits per heavy atom. The van der Waals surface area contributed by atoms with Crippen LogP contribution in [0.2, 0.25) is 0 Å². The molecule has 1 aromatic rings. The fourth-order valence-corrected chi connectivity index (χ4v) is 2.00. The monoisotopic (exact) mass is 253 g/mol. The summed E-state index contributed by atoms with van der Waals surface area (Å²) in [6.45, 7) is 1.71. The third-order valence-electron chi connectivity index (χ3n) is 3.05. The van der Waals surface area contributed by atoms with Gasteiger partial charge in [-0.2, -0.15) is 0 Å². The summed E-state index contributed by atoms with van der Waals surface area (Å²) in [5.74, 6) is -0.559. The summed E-state index contributed by atoms with van der Waals surface area (Å²) in [7, 11) is 0. The van der Waals surface area contributed by atoms with Crippen LogP contribution in [0.3, 0.4) is 0 Å². The Hall–Kier alpha value is -1.30. The van der Waals surface area contributed by atoms with E-state index in [4.69, 9.17) is 4.74 Å². The van der Waals surface area contributed by atoms with Gasteiger partial charge in [0, 0.05) is 12.1 Å². The summed E-state index contributed by atoms with van der Waals surface area (Å²) in [5, 5.41) is 9.20. The maximum atomic E-state index is 13.0. The standard InChI is InChI=1S/C13H16FNO3/c14-11-3-1-2-10(6-11)13(17)7-15-4-5-18-9-12(15)8-16/h1-3,6,12,16H,4-5,7-9H2. The van der Waals surface area contributed by atoms with Crippen LogP contribution in [0.1, 0.15) is 10.4 Å². The number of halogens is 1. The predicted molar refractivity (Wildman–Crippen MR) is 64.0 cm³/mol. The molecule has 1 heterocycles. The van der Waals surface area contributed by atoms with Gasteiger partial charge in [-0.3, -0.25) is 9.69 Å². The number of rotatable bonds is 4. The van der Waals surface area contributed by atoms with E-state index in [9.17, 15) is 14.3 Å². The number of carbonyl (C=O) groups excluding carboxylic acids is 1. The van der Waals surface area contributed by atoms with Crippen molar-refractivity contribution in [3.63, 3.8) is 0 Å². The molecule has 4 nitrogen and oxygen atoms in total. The zero-order valence-corrected chi connectivity index (χ0v) is 10.0. The third-order valence-corrected chi connectivity index (χ3v) is 3.05. The number of benzene rings is 1. The molecule has 98 valence electrons. The average Bonchev–Trinajstić information content (AvgIpc) is 2.39. The molecule has 0 saturated carbocycles. The zero-order valence-electron chi connectivity index (χ0n) is 10.0. The highest BCUT2D eigenvalue weighted by Crippen LogP contribution is 2.10. The second-order valence-electron chi connectivity index (χ2n) is 4.32. The van der Waals surface area contributed by atoms with E-state index in [0.717, 1.165) is 0 Å². The number of Topliss-reactive ketones (excluding diaryl/α,β-unsaturated/α-hetero) is 1. The van der Waals surface area contributed by atoms with Gasteiger partial charge in [0.2, 0.25) is 0 Å². The van der Waals surface area contributed by atoms with Crippen LogP contribution < -0.4 is 0 Å². The highest BCUT2D eigenvalue weighted by molar-refractivity contribution is 5.97. The molecule has 1 aromatic carbocycles. The maximum absolute atomic E-state index is 13.0. The van der Waals surface area contributed by atoms with Crippen molar-refractivity contribution in [3.8, 4) is 0 Å². The van der Waals surface area contributed by atoms with Crippen LogP contribution in [-0.2, 0) is 4.74 Å². The first kappa shape index (κ1) is 13.1. The van der Waals surface area contributed by atoms with E-state index in [2.05, 4.69) is 0 Å². The molecule has 1 aliphatic rings. The van der Waals surface area contributed by atoms with E-state index in [-0.39, 0.29) is 25.0 Å². The van der Waals surface area contributed by atoms with Gasteiger partial charge < -0.3 is 9.84 Å². The smallest absolute Gasteiger partial charge is 0.176 e. The molecule has 1 fully saturated rings. The van der Waals surface area contributed by atoms with Gasteiger partial charge in [-0.15, -0.1) is 0 Å². The molecule has 1 atom stereocenters. The molecule has 5 heteroatoms. The summed E-state index contributed by atoms with van der Waals surface area (Å²) in [4.78, 5) is 13.9. The summed E-state index contributed by atoms with van der Waals surface area (Å²) in [6.07, 6.45) is 0. The number of aliphatic hydroxyl groups excluding tert-OH is 1. The van der Waals surface area contributed by atoms with E-state index >= 15 is 0 Å². The fraction of sp³-hybridized carbons (Fsp3) is 0.462. The van der Waals surface area contributed by atoms with E-state index in [1.165, 1.54) is 18.2 Å². The zero-order chi connectivity index (χ0) is 13.0. The lowest BCUT2D eigenvalue weighted by Crippen LogP contribution is -2.49. The molecule has 0 amide bonds. The summed E-state index contributed by atoms with van der Waals surface area (Å²) < 4.78 is 18.3. The molecule has 0 radical (unpaired) electrons. The van der Waals surface area contributed by atoms with E-state index in [0.29, 0.717) is 25.3 Å². The van der Waals surface area contributed by atoms with Crippen molar-refractivity contribution in [1.29, 1.82) is 0 Å². The minimum Gasteiger partial charge on any atom is -0.395 e. The number of carbonyl (C=O) groups is 1. The van der Waals surface area contributed by atoms with Crippen LogP contribution in [0.25, 0.3) is 0 Å². The molecule has 0 spiro atoms. The molecule has 0 aromatic heterocycles. The van der Waals surface area contributed by atoms with E-state index in [1.807, 2.05) is 4.90 Å². The van der Waals surface area contributed by atoms with Gasteiger partial charge in [0.15, 0.2) is 5.78 Å². The number of ketones is 1. The number of aliphatic hydroxyl groups is 1. The Morgan fingerprint density at radius 3 is 3.11 bits per heavy atom. The number of nitrogens with zero attached hydrogens (tertiary/aromatic N) is 1. The van der Waals surface area contributed by atoms with Crippen LogP contribution >= 0.6 is 0 Å². The topological polar surface area (TPSA) is 49.8 Å². The van der Waals surface area contributed by atoms with Gasteiger partial charge in [-0.1, -0.05) is 12.1 Å². The van der Waals surface area contributed by atoms with Crippen LogP contribution in [0.4, 0.5) is 4.39 Å². The quantitative estimate of drug-likeness (QED) is 0.803. The second-order valence-corrected chi connectivity index (χ2v) is 4.32. The molecule has 2 rings (SSSR count). The second kappa shape index (κ2) is 6.04. The highest BCUT2D eigenvalue weighted by Gasteiger charge is 2.24. The molecular weight excluding hydrogens is 237 g/mol. The largest absolute Gasteiger partial charge is 0.395 e. The first-order valence-corrected chi connectivity index (χ1v) is 5.92. The summed E-state index contributed by atoms with van der Waals surface area (Å²) in [6, 6.07) is 5.50. The molecule has 0 bridgehead atoms. The molecule has 1 N–H and O–H groups in total. The van der Waals surface area contributed by atoms with Gasteiger partial charge in [0.1, 0.15) is 5.82 Å². The van der Waals surface area contributed by atoms with Crippen molar-refractivity contribution in [2.45, 2.75) is 6.04 Å². The van der Waals surface area contributed by atoms with E-state index in [1.54, 1.807) is 6.07 Å². The molecule has 18 heavy (non-hydrogen) atoms. The SMILES string of the molecule is O=C(CN1CCOCC1CO)c1cccc(F)c1. The Balaban J connectivity index is 2.02. The van der Waals surface area contributed by atoms with Gasteiger partial charge in [0.05, 0.1) is 32.4 Å². The predicted octanol–water partition coefficient (Wildman–Crippen LogP) is 0.702. The third kappa shape index (κ3) is 3.13. The molecule has 1 saturated heterocycles. The maximum Gasteiger partial charge on any atom is 0.176 e. The number of hydrogen-bond acceptors (Lipinski definition) is 4. The van der Waals surface area contributed by atoms with Crippen LogP contribution in [-0.4, -0.2) is 54.7 Å². The van der Waals surface area contributed by atoms with Crippen LogP contribution in [0.15, 0.2) is 24.3 Å². The molecule has 0 aliphatic carbocycles. The fourth-order valence-electron chi connectivity index (χ4n) is 2.00. The van der Waals surface area contributed by atoms with Gasteiger partial charge in [-0.05, 0) is 12.1 Å². The van der Waals surface area contributed by atoms with Crippen LogP contribution in [0.5, 0.6) is 0 Å². The van der Waals surface area contributed by atoms with Gasteiger partial charge >= 0.3 is 0 Å². The number of ether oxygens (including phenoxy) is 1.